The summed E-state index contributed by atoms with van der Waals surface area (Å²) in [7, 11) is -2.99. The zero-order chi connectivity index (χ0) is 46.1. The Hall–Kier alpha value is -4.48. The number of rotatable bonds is 15. The van der Waals surface area contributed by atoms with E-state index < -0.39 is 40.5 Å². The molecule has 0 radical (unpaired) electrons. The van der Waals surface area contributed by atoms with Gasteiger partial charge >= 0.3 is 10.4 Å². The maximum atomic E-state index is 11.1. The predicted octanol–water partition coefficient (Wildman–Crippen LogP) is 4.83. The second-order valence-corrected chi connectivity index (χ2v) is 16.6. The summed E-state index contributed by atoms with van der Waals surface area (Å²) in [6.07, 6.45) is 14.7. The number of aromatic nitrogens is 2. The van der Waals surface area contributed by atoms with Crippen molar-refractivity contribution in [3.63, 3.8) is 0 Å². The summed E-state index contributed by atoms with van der Waals surface area (Å²) < 4.78 is 64.5. The Balaban J connectivity index is 0.000000853. The summed E-state index contributed by atoms with van der Waals surface area (Å²) in [5, 5.41) is 43.4. The van der Waals surface area contributed by atoms with E-state index in [-0.39, 0.29) is 30.2 Å². The van der Waals surface area contributed by atoms with Crippen LogP contribution >= 0.6 is 0 Å². The highest BCUT2D eigenvalue weighted by molar-refractivity contribution is 7.81. The van der Waals surface area contributed by atoms with Crippen LogP contribution in [0.15, 0.2) is 24.5 Å². The Morgan fingerprint density at radius 2 is 1.10 bits per heavy atom. The topological polar surface area (TPSA) is 330 Å². The zero-order valence-electron chi connectivity index (χ0n) is 34.8. The van der Waals surface area contributed by atoms with Crippen molar-refractivity contribution in [3.05, 3.63) is 76.4 Å². The Labute approximate surface area is 362 Å². The number of nitro groups is 4. The fraction of sp³-hybridized carbons (Fsp3) is 0.714. The van der Waals surface area contributed by atoms with Crippen LogP contribution in [0.4, 0.5) is 22.7 Å². The van der Waals surface area contributed by atoms with Crippen LogP contribution in [0.5, 0.6) is 0 Å². The molecule has 2 aromatic heterocycles. The van der Waals surface area contributed by atoms with Crippen molar-refractivity contribution in [2.75, 3.05) is 80.9 Å². The molecule has 27 heteroatoms. The van der Waals surface area contributed by atoms with Gasteiger partial charge in [0.1, 0.15) is 23.8 Å². The molecule has 354 valence electrons. The molecule has 0 saturated carbocycles. The molecule has 0 atom stereocenters. The molecule has 5 rings (SSSR count). The molecule has 3 saturated heterocycles. The van der Waals surface area contributed by atoms with Gasteiger partial charge in [0.15, 0.2) is 0 Å². The largest absolute Gasteiger partial charge is 0.726 e. The second kappa shape index (κ2) is 29.8. The van der Waals surface area contributed by atoms with Crippen molar-refractivity contribution < 1.29 is 62.9 Å². The summed E-state index contributed by atoms with van der Waals surface area (Å²) in [6.45, 7) is 8.29. The minimum absolute atomic E-state index is 0. The fourth-order valence-corrected chi connectivity index (χ4v) is 6.34. The normalized spacial score (nSPS) is 15.8. The van der Waals surface area contributed by atoms with Crippen molar-refractivity contribution in [2.24, 2.45) is 0 Å². The molecule has 2 aromatic rings. The van der Waals surface area contributed by atoms with Gasteiger partial charge in [0, 0.05) is 26.1 Å². The molecule has 5 heterocycles. The molecule has 0 unspecified atom stereocenters. The van der Waals surface area contributed by atoms with Crippen LogP contribution in [0.1, 0.15) is 83.0 Å². The van der Waals surface area contributed by atoms with Crippen LogP contribution < -0.4 is 0 Å². The molecule has 3 aliphatic heterocycles. The quantitative estimate of drug-likeness (QED) is 0.0759. The summed E-state index contributed by atoms with van der Waals surface area (Å²) in [5.74, 6) is 0. The van der Waals surface area contributed by atoms with Gasteiger partial charge < -0.3 is 18.7 Å². The fourth-order valence-electron chi connectivity index (χ4n) is 6.20. The Kier molecular flexibility index (Phi) is 27.6. The summed E-state index contributed by atoms with van der Waals surface area (Å²) >= 11 is 0. The summed E-state index contributed by atoms with van der Waals surface area (Å²) in [6, 6.07) is 1.99. The smallest absolute Gasteiger partial charge is 0.399 e. The van der Waals surface area contributed by atoms with Crippen molar-refractivity contribution in [2.45, 2.75) is 84.5 Å². The minimum atomic E-state index is -4.41. The number of pyridine rings is 2. The molecule has 0 spiro atoms. The third-order valence-corrected chi connectivity index (χ3v) is 10.7. The molecule has 0 aliphatic carbocycles. The lowest BCUT2D eigenvalue weighted by Gasteiger charge is -2.37. The van der Waals surface area contributed by atoms with Gasteiger partial charge in [-0.25, -0.2) is 18.4 Å². The lowest BCUT2D eigenvalue weighted by molar-refractivity contribution is -0.914. The maximum Gasteiger partial charge on any atom is 0.399 e. The third-order valence-electron chi connectivity index (χ3n) is 9.46. The van der Waals surface area contributed by atoms with Gasteiger partial charge in [0.2, 0.25) is 10.4 Å². The molecule has 62 heavy (non-hydrogen) atoms. The van der Waals surface area contributed by atoms with Crippen LogP contribution in [0.3, 0.4) is 0 Å². The molecule has 3 fully saturated rings. The lowest BCUT2D eigenvalue weighted by Crippen LogP contribution is -2.48. The molecule has 3 aliphatic rings. The SMILES string of the molecule is C.C1CCOC1.COS(=O)(=O)OC.COS(=O)(=O)[O-].C[N+]1(CCCc2ncc([N+](=O)[O-])cc2[N+](=O)[O-])CCCCC1.O=[N+]([O-])c1cnc(CCCN2CCCCC2)c([N+](=O)[O-])c1. The summed E-state index contributed by atoms with van der Waals surface area (Å²) in [5.41, 5.74) is -0.549. The van der Waals surface area contributed by atoms with E-state index >= 15 is 0 Å². The van der Waals surface area contributed by atoms with E-state index in [0.717, 1.165) is 116 Å². The first-order valence-corrected chi connectivity index (χ1v) is 21.9. The van der Waals surface area contributed by atoms with Gasteiger partial charge in [-0.05, 0) is 77.4 Å². The third kappa shape index (κ3) is 24.2. The first kappa shape index (κ1) is 57.5. The van der Waals surface area contributed by atoms with E-state index in [1.54, 1.807) is 0 Å². The number of likely N-dealkylation sites (tertiary alicyclic amines) is 2. The molecule has 0 N–H and O–H groups in total. The second-order valence-electron chi connectivity index (χ2n) is 13.9. The Bertz CT molecular complexity index is 1890. The Morgan fingerprint density at radius 1 is 0.677 bits per heavy atom. The molecule has 25 nitrogen and oxygen atoms in total. The van der Waals surface area contributed by atoms with Gasteiger partial charge in [0.25, 0.3) is 22.7 Å². The molecular weight excluding hydrogens is 869 g/mol. The number of nitrogens with zero attached hydrogens (tertiary/aromatic N) is 8. The lowest BCUT2D eigenvalue weighted by atomic mass is 10.1. The van der Waals surface area contributed by atoms with Gasteiger partial charge in [-0.3, -0.25) is 53.0 Å². The Morgan fingerprint density at radius 3 is 1.44 bits per heavy atom. The highest BCUT2D eigenvalue weighted by atomic mass is 32.3. The first-order chi connectivity index (χ1) is 28.7. The van der Waals surface area contributed by atoms with E-state index in [1.165, 1.54) is 51.4 Å². The van der Waals surface area contributed by atoms with Crippen LogP contribution in [0.2, 0.25) is 0 Å². The van der Waals surface area contributed by atoms with Crippen LogP contribution in [0, 0.1) is 40.5 Å². The van der Waals surface area contributed by atoms with Gasteiger partial charge in [-0.15, -0.1) is 0 Å². The highest BCUT2D eigenvalue weighted by Crippen LogP contribution is 2.25. The van der Waals surface area contributed by atoms with Crippen molar-refractivity contribution in [1.29, 1.82) is 0 Å². The zero-order valence-corrected chi connectivity index (χ0v) is 36.4. The monoisotopic (exact) mass is 928 g/mol. The van der Waals surface area contributed by atoms with Crippen LogP contribution in [0.25, 0.3) is 0 Å². The average Bonchev–Trinajstić information content (AvgIpc) is 3.83. The number of quaternary nitrogens is 1. The van der Waals surface area contributed by atoms with E-state index in [1.807, 2.05) is 0 Å². The molecular formula is C35H60N8O17S2. The predicted molar refractivity (Wildman–Crippen MR) is 223 cm³/mol. The van der Waals surface area contributed by atoms with Gasteiger partial charge in [-0.2, -0.15) is 8.42 Å². The minimum Gasteiger partial charge on any atom is -0.726 e. The van der Waals surface area contributed by atoms with Crippen LogP contribution in [-0.2, 0) is 50.9 Å². The van der Waals surface area contributed by atoms with Gasteiger partial charge in [0.05, 0.1) is 79.8 Å². The van der Waals surface area contributed by atoms with Crippen molar-refractivity contribution >= 4 is 43.5 Å². The number of ether oxygens (including phenoxy) is 1. The van der Waals surface area contributed by atoms with Crippen molar-refractivity contribution in [1.82, 2.24) is 14.9 Å². The van der Waals surface area contributed by atoms with E-state index in [0.29, 0.717) is 24.2 Å². The first-order valence-electron chi connectivity index (χ1n) is 19.2. The number of piperidine rings is 2. The molecule has 0 bridgehead atoms. The average molecular weight is 929 g/mol. The standard InChI is InChI=1S/C14H21N4O4.C13H18N4O4.C4H8O.C2H6O4S.CH4O4S.CH4/c1-18(7-3-2-4-8-18)9-5-6-13-14(17(21)22)10-12(11-15-13)16(19)20;18-16(19)11-9-13(17(20)21)12(14-10-11)5-4-8-15-6-2-1-3-7-15;1-2-4-5-3-1;1-5-7(3,4)6-2;1-5-6(2,3)4;/h10-11H,2-9H2,1H3;9-10H,1-8H2;1-4H2;1-2H3;1H3,(H,2,3,4);1H4/q+1;;;;;/p-1. The van der Waals surface area contributed by atoms with Crippen LogP contribution in [-0.4, -0.2) is 141 Å². The van der Waals surface area contributed by atoms with E-state index in [2.05, 4.69) is 34.5 Å². The summed E-state index contributed by atoms with van der Waals surface area (Å²) in [4.78, 5) is 51.1. The van der Waals surface area contributed by atoms with Gasteiger partial charge in [-0.1, -0.05) is 13.8 Å². The van der Waals surface area contributed by atoms with Crippen molar-refractivity contribution in [3.8, 4) is 0 Å². The highest BCUT2D eigenvalue weighted by Gasteiger charge is 2.26. The van der Waals surface area contributed by atoms with E-state index in [4.69, 9.17) is 4.74 Å². The number of hydrogen-bond donors (Lipinski definition) is 0. The number of hydrogen-bond acceptors (Lipinski definition) is 20. The molecule has 0 amide bonds. The van der Waals surface area contributed by atoms with E-state index in [9.17, 15) is 61.8 Å². The molecule has 0 aromatic carbocycles. The number of aryl methyl sites for hydroxylation is 2. The maximum absolute atomic E-state index is 11.1.